The number of nitrogens with one attached hydrogen (secondary N) is 1. The van der Waals surface area contributed by atoms with E-state index < -0.39 is 47.7 Å². The van der Waals surface area contributed by atoms with Gasteiger partial charge in [-0.1, -0.05) is 24.3 Å². The number of carbonyl (C=O) groups is 6. The van der Waals surface area contributed by atoms with Crippen LogP contribution in [0.1, 0.15) is 51.8 Å². The Morgan fingerprint density at radius 1 is 0.769 bits per heavy atom. The Bertz CT molecular complexity index is 1530. The zero-order valence-corrected chi connectivity index (χ0v) is 20.2. The standard InChI is InChI=1S/C28H20N4O7/c33-14-17-13-30(17)28(39)22(32-26(37)20-7-3-4-8-21(20)27(32)38)29-23(34)15-9-11-16(12-10-15)31-24(35)18-5-1-2-6-19(18)25(31)36/h1-12,17,22,33H,13-14H2,(H,29,34). The number of amides is 6. The van der Waals surface area contributed by atoms with Gasteiger partial charge in [-0.2, -0.15) is 0 Å². The van der Waals surface area contributed by atoms with Gasteiger partial charge in [-0.3, -0.25) is 28.8 Å². The monoisotopic (exact) mass is 524 g/mol. The minimum atomic E-state index is -1.64. The summed E-state index contributed by atoms with van der Waals surface area (Å²) in [7, 11) is 0. The van der Waals surface area contributed by atoms with Crippen molar-refractivity contribution in [3.8, 4) is 0 Å². The second kappa shape index (κ2) is 8.99. The number of hydrogen-bond donors (Lipinski definition) is 2. The summed E-state index contributed by atoms with van der Waals surface area (Å²) in [6.45, 7) is -0.0757. The van der Waals surface area contributed by atoms with Gasteiger partial charge in [0.25, 0.3) is 35.4 Å². The van der Waals surface area contributed by atoms with Crippen molar-refractivity contribution >= 4 is 41.1 Å². The predicted octanol–water partition coefficient (Wildman–Crippen LogP) is 1.04. The number of aliphatic hydroxyl groups is 1. The maximum absolute atomic E-state index is 13.3. The Morgan fingerprint density at radius 2 is 1.26 bits per heavy atom. The smallest absolute Gasteiger partial charge is 0.267 e. The van der Waals surface area contributed by atoms with Crippen LogP contribution in [-0.2, 0) is 4.79 Å². The summed E-state index contributed by atoms with van der Waals surface area (Å²) in [5.41, 5.74) is 1.11. The Hall–Kier alpha value is -5.16. The van der Waals surface area contributed by atoms with E-state index >= 15 is 0 Å². The van der Waals surface area contributed by atoms with E-state index in [0.29, 0.717) is 4.90 Å². The van der Waals surface area contributed by atoms with Crippen LogP contribution in [0.25, 0.3) is 0 Å². The highest BCUT2D eigenvalue weighted by molar-refractivity contribution is 6.34. The molecule has 0 radical (unpaired) electrons. The average Bonchev–Trinajstić information content (AvgIpc) is 3.66. The fraction of sp³-hybridized carbons (Fsp3) is 0.143. The fourth-order valence-corrected chi connectivity index (χ4v) is 4.84. The molecular formula is C28H20N4O7. The molecule has 3 aromatic carbocycles. The predicted molar refractivity (Wildman–Crippen MR) is 135 cm³/mol. The van der Waals surface area contributed by atoms with Crippen molar-refractivity contribution in [2.75, 3.05) is 18.1 Å². The van der Waals surface area contributed by atoms with Gasteiger partial charge in [0.2, 0.25) is 0 Å². The van der Waals surface area contributed by atoms with Crippen LogP contribution >= 0.6 is 0 Å². The molecule has 3 aliphatic heterocycles. The van der Waals surface area contributed by atoms with Gasteiger partial charge in [-0.15, -0.1) is 0 Å². The first kappa shape index (κ1) is 24.2. The van der Waals surface area contributed by atoms with Crippen molar-refractivity contribution in [2.45, 2.75) is 12.2 Å². The lowest BCUT2D eigenvalue weighted by Crippen LogP contribution is -2.57. The molecule has 2 unspecified atom stereocenters. The lowest BCUT2D eigenvalue weighted by molar-refractivity contribution is -0.131. The summed E-state index contributed by atoms with van der Waals surface area (Å²) < 4.78 is 0. The molecule has 6 amide bonds. The Kier molecular flexibility index (Phi) is 5.58. The van der Waals surface area contributed by atoms with Crippen molar-refractivity contribution < 1.29 is 33.9 Å². The molecule has 1 saturated heterocycles. The molecule has 3 heterocycles. The molecule has 0 spiro atoms. The van der Waals surface area contributed by atoms with Crippen molar-refractivity contribution in [1.29, 1.82) is 0 Å². The third-order valence-electron chi connectivity index (χ3n) is 6.98. The third-order valence-corrected chi connectivity index (χ3v) is 6.98. The Morgan fingerprint density at radius 3 is 1.72 bits per heavy atom. The van der Waals surface area contributed by atoms with Gasteiger partial charge < -0.3 is 15.3 Å². The molecule has 0 bridgehead atoms. The second-order valence-electron chi connectivity index (χ2n) is 9.27. The van der Waals surface area contributed by atoms with Gasteiger partial charge in [0.15, 0.2) is 6.17 Å². The summed E-state index contributed by atoms with van der Waals surface area (Å²) in [5.74, 6) is -3.89. The number of benzene rings is 3. The van der Waals surface area contributed by atoms with Crippen LogP contribution in [0, 0.1) is 0 Å². The summed E-state index contributed by atoms with van der Waals surface area (Å²) in [6.07, 6.45) is -1.64. The molecule has 2 N–H and O–H groups in total. The van der Waals surface area contributed by atoms with E-state index in [1.165, 1.54) is 41.3 Å². The molecule has 2 atom stereocenters. The zero-order valence-electron chi connectivity index (χ0n) is 20.2. The van der Waals surface area contributed by atoms with Crippen LogP contribution in [0.5, 0.6) is 0 Å². The van der Waals surface area contributed by atoms with Gasteiger partial charge in [-0.05, 0) is 48.5 Å². The molecule has 194 valence electrons. The first-order chi connectivity index (χ1) is 18.8. The van der Waals surface area contributed by atoms with Crippen molar-refractivity contribution in [2.24, 2.45) is 0 Å². The van der Waals surface area contributed by atoms with Crippen LogP contribution in [0.4, 0.5) is 5.69 Å². The van der Waals surface area contributed by atoms with Crippen LogP contribution < -0.4 is 10.2 Å². The lowest BCUT2D eigenvalue weighted by atomic mass is 10.1. The third kappa shape index (κ3) is 3.79. The van der Waals surface area contributed by atoms with Crippen LogP contribution in [-0.4, -0.2) is 75.7 Å². The summed E-state index contributed by atoms with van der Waals surface area (Å²) in [6, 6.07) is 17.6. The number of aliphatic hydroxyl groups excluding tert-OH is 1. The first-order valence-electron chi connectivity index (χ1n) is 12.1. The average molecular weight is 524 g/mol. The molecule has 11 heteroatoms. The molecule has 3 aromatic rings. The van der Waals surface area contributed by atoms with Crippen LogP contribution in [0.2, 0.25) is 0 Å². The molecule has 6 rings (SSSR count). The zero-order chi connectivity index (χ0) is 27.4. The van der Waals surface area contributed by atoms with E-state index in [4.69, 9.17) is 0 Å². The van der Waals surface area contributed by atoms with E-state index in [9.17, 15) is 33.9 Å². The lowest BCUT2D eigenvalue weighted by Gasteiger charge is -2.26. The Labute approximate surface area is 221 Å². The van der Waals surface area contributed by atoms with E-state index in [0.717, 1.165) is 4.90 Å². The number of anilines is 1. The van der Waals surface area contributed by atoms with E-state index in [2.05, 4.69) is 5.32 Å². The molecule has 3 aliphatic rings. The molecule has 39 heavy (non-hydrogen) atoms. The summed E-state index contributed by atoms with van der Waals surface area (Å²) in [4.78, 5) is 81.1. The van der Waals surface area contributed by atoms with E-state index in [1.54, 1.807) is 36.4 Å². The summed E-state index contributed by atoms with van der Waals surface area (Å²) >= 11 is 0. The minimum absolute atomic E-state index is 0.0641. The van der Waals surface area contributed by atoms with E-state index in [-0.39, 0.29) is 46.7 Å². The highest BCUT2D eigenvalue weighted by Crippen LogP contribution is 2.29. The fourth-order valence-electron chi connectivity index (χ4n) is 4.84. The van der Waals surface area contributed by atoms with Crippen molar-refractivity contribution in [1.82, 2.24) is 15.1 Å². The normalized spacial score (nSPS) is 18.3. The number of carbonyl (C=O) groups excluding carboxylic acids is 6. The number of nitrogens with zero attached hydrogens (tertiary/aromatic N) is 3. The summed E-state index contributed by atoms with van der Waals surface area (Å²) in [5, 5.41) is 11.9. The van der Waals surface area contributed by atoms with Crippen molar-refractivity contribution in [3.63, 3.8) is 0 Å². The topological polar surface area (TPSA) is 144 Å². The quantitative estimate of drug-likeness (QED) is 0.362. The molecule has 0 aliphatic carbocycles. The van der Waals surface area contributed by atoms with Gasteiger partial charge in [0.05, 0.1) is 40.6 Å². The molecule has 1 fully saturated rings. The molecule has 0 saturated carbocycles. The van der Waals surface area contributed by atoms with Crippen molar-refractivity contribution in [3.05, 3.63) is 101 Å². The number of hydrogen-bond acceptors (Lipinski definition) is 7. The van der Waals surface area contributed by atoms with Gasteiger partial charge >= 0.3 is 0 Å². The molecular weight excluding hydrogens is 504 g/mol. The minimum Gasteiger partial charge on any atom is -0.394 e. The van der Waals surface area contributed by atoms with E-state index in [1.807, 2.05) is 0 Å². The number of rotatable bonds is 6. The SMILES string of the molecule is O=C(NC(C(=O)N1CC1CO)N1C(=O)c2ccccc2C1=O)c1ccc(N2C(=O)c3ccccc3C2=O)cc1. The maximum Gasteiger partial charge on any atom is 0.267 e. The van der Waals surface area contributed by atoms with Gasteiger partial charge in [0, 0.05) is 12.1 Å². The first-order valence-corrected chi connectivity index (χ1v) is 12.1. The molecule has 0 aromatic heterocycles. The van der Waals surface area contributed by atoms with Gasteiger partial charge in [-0.25, -0.2) is 9.80 Å². The number of imide groups is 2. The van der Waals surface area contributed by atoms with Gasteiger partial charge in [0.1, 0.15) is 0 Å². The maximum atomic E-state index is 13.3. The van der Waals surface area contributed by atoms with Crippen LogP contribution in [0.15, 0.2) is 72.8 Å². The number of fused-ring (bicyclic) bond motifs is 2. The van der Waals surface area contributed by atoms with Crippen LogP contribution in [0.3, 0.4) is 0 Å². The highest BCUT2D eigenvalue weighted by Gasteiger charge is 2.49. The molecule has 11 nitrogen and oxygen atoms in total. The largest absolute Gasteiger partial charge is 0.394 e. The highest BCUT2D eigenvalue weighted by atomic mass is 16.3. The second-order valence-corrected chi connectivity index (χ2v) is 9.27. The Balaban J connectivity index is 1.25.